The molecule has 28 heavy (non-hydrogen) atoms. The summed E-state index contributed by atoms with van der Waals surface area (Å²) in [6, 6.07) is 14.1. The Morgan fingerprint density at radius 2 is 1.89 bits per heavy atom. The minimum Gasteiger partial charge on any atom is -0.368 e. The van der Waals surface area contributed by atoms with Crippen molar-refractivity contribution in [1.82, 2.24) is 10.3 Å². The molecule has 2 aromatic rings. The summed E-state index contributed by atoms with van der Waals surface area (Å²) in [5, 5.41) is 15.2. The van der Waals surface area contributed by atoms with Crippen molar-refractivity contribution in [2.75, 3.05) is 38.1 Å². The van der Waals surface area contributed by atoms with Crippen LogP contribution in [0.4, 0.5) is 11.4 Å². The first-order valence-corrected chi connectivity index (χ1v) is 9.10. The van der Waals surface area contributed by atoms with Gasteiger partial charge in [0.25, 0.3) is 5.69 Å². The van der Waals surface area contributed by atoms with Crippen LogP contribution in [0, 0.1) is 10.1 Å². The number of hydrazone groups is 1. The van der Waals surface area contributed by atoms with Gasteiger partial charge in [-0.2, -0.15) is 5.10 Å². The first kappa shape index (κ1) is 19.5. The maximum atomic E-state index is 12.1. The fourth-order valence-electron chi connectivity index (χ4n) is 3.09. The highest BCUT2D eigenvalue weighted by Crippen LogP contribution is 2.25. The number of nitrogens with one attached hydrogen (secondary N) is 1. The van der Waals surface area contributed by atoms with Crippen LogP contribution in [0.1, 0.15) is 11.1 Å². The molecule has 146 valence electrons. The fourth-order valence-corrected chi connectivity index (χ4v) is 3.09. The number of non-ortho nitro benzene ring substituents is 1. The number of benzene rings is 2. The van der Waals surface area contributed by atoms with E-state index in [0.717, 1.165) is 37.4 Å². The lowest BCUT2D eigenvalue weighted by molar-refractivity contribution is -0.384. The summed E-state index contributed by atoms with van der Waals surface area (Å²) in [5.74, 6) is -0.242. The van der Waals surface area contributed by atoms with Gasteiger partial charge in [0.05, 0.1) is 17.6 Å². The summed E-state index contributed by atoms with van der Waals surface area (Å²) in [4.78, 5) is 27.2. The minimum absolute atomic E-state index is 0.00469. The second kappa shape index (κ2) is 9.09. The van der Waals surface area contributed by atoms with Crippen molar-refractivity contribution < 1.29 is 9.72 Å². The predicted octanol–water partition coefficient (Wildman–Crippen LogP) is 2.04. The predicted molar refractivity (Wildman–Crippen MR) is 109 cm³/mol. The molecule has 0 bridgehead atoms. The van der Waals surface area contributed by atoms with E-state index in [-0.39, 0.29) is 18.0 Å². The van der Waals surface area contributed by atoms with E-state index in [1.807, 2.05) is 30.3 Å². The van der Waals surface area contributed by atoms with Gasteiger partial charge in [0.1, 0.15) is 0 Å². The molecule has 1 aliphatic heterocycles. The van der Waals surface area contributed by atoms with Gasteiger partial charge in [-0.3, -0.25) is 14.9 Å². The Bertz CT molecular complexity index is 861. The summed E-state index contributed by atoms with van der Waals surface area (Å²) in [6.07, 6.45) is 1.70. The minimum atomic E-state index is -0.431. The number of carbonyl (C=O) groups excluding carboxylic acids is 1. The third-order valence-electron chi connectivity index (χ3n) is 4.67. The molecule has 1 saturated heterocycles. The van der Waals surface area contributed by atoms with Gasteiger partial charge >= 0.3 is 0 Å². The second-order valence-corrected chi connectivity index (χ2v) is 6.75. The third-order valence-corrected chi connectivity index (χ3v) is 4.67. The van der Waals surface area contributed by atoms with Crippen molar-refractivity contribution in [3.63, 3.8) is 0 Å². The van der Waals surface area contributed by atoms with E-state index in [1.54, 1.807) is 6.07 Å². The van der Waals surface area contributed by atoms with Crippen molar-refractivity contribution in [2.24, 2.45) is 5.10 Å². The zero-order valence-electron chi connectivity index (χ0n) is 15.7. The molecule has 1 fully saturated rings. The van der Waals surface area contributed by atoms with Gasteiger partial charge in [-0.25, -0.2) is 5.43 Å². The van der Waals surface area contributed by atoms with Gasteiger partial charge in [0.15, 0.2) is 0 Å². The second-order valence-electron chi connectivity index (χ2n) is 6.75. The van der Waals surface area contributed by atoms with Gasteiger partial charge in [-0.15, -0.1) is 0 Å². The maximum absolute atomic E-state index is 12.1. The molecular formula is C20H23N5O3. The Hall–Kier alpha value is -3.26. The van der Waals surface area contributed by atoms with E-state index < -0.39 is 4.92 Å². The number of carbonyl (C=O) groups is 1. The quantitative estimate of drug-likeness (QED) is 0.470. The Balaban J connectivity index is 1.73. The van der Waals surface area contributed by atoms with Crippen LogP contribution < -0.4 is 10.3 Å². The van der Waals surface area contributed by atoms with Crippen LogP contribution >= 0.6 is 0 Å². The van der Waals surface area contributed by atoms with Crippen LogP contribution in [0.25, 0.3) is 0 Å². The Morgan fingerprint density at radius 1 is 1.18 bits per heavy atom. The number of nitro benzene ring substituents is 1. The molecule has 8 nitrogen and oxygen atoms in total. The first-order chi connectivity index (χ1) is 13.5. The Kier molecular flexibility index (Phi) is 6.33. The monoisotopic (exact) mass is 381 g/mol. The van der Waals surface area contributed by atoms with Crippen molar-refractivity contribution in [2.45, 2.75) is 6.42 Å². The van der Waals surface area contributed by atoms with Gasteiger partial charge in [-0.1, -0.05) is 30.3 Å². The third kappa shape index (κ3) is 5.14. The number of hydrogen-bond donors (Lipinski definition) is 1. The maximum Gasteiger partial charge on any atom is 0.270 e. The van der Waals surface area contributed by atoms with Crippen LogP contribution in [0.15, 0.2) is 53.6 Å². The topological polar surface area (TPSA) is 91.1 Å². The highest BCUT2D eigenvalue weighted by atomic mass is 16.6. The van der Waals surface area contributed by atoms with Crippen molar-refractivity contribution in [1.29, 1.82) is 0 Å². The average Bonchev–Trinajstić information content (AvgIpc) is 2.69. The molecular weight excluding hydrogens is 358 g/mol. The Morgan fingerprint density at radius 3 is 2.57 bits per heavy atom. The summed E-state index contributed by atoms with van der Waals surface area (Å²) in [5.41, 5.74) is 4.87. The van der Waals surface area contributed by atoms with E-state index in [2.05, 4.69) is 27.4 Å². The van der Waals surface area contributed by atoms with Crippen LogP contribution in [0.2, 0.25) is 0 Å². The molecule has 1 heterocycles. The van der Waals surface area contributed by atoms with Crippen LogP contribution in [0.5, 0.6) is 0 Å². The highest BCUT2D eigenvalue weighted by molar-refractivity contribution is 5.90. The first-order valence-electron chi connectivity index (χ1n) is 9.10. The van der Waals surface area contributed by atoms with Gasteiger partial charge < -0.3 is 9.80 Å². The molecule has 1 N–H and O–H groups in total. The van der Waals surface area contributed by atoms with E-state index in [4.69, 9.17) is 0 Å². The number of rotatable bonds is 6. The summed E-state index contributed by atoms with van der Waals surface area (Å²) < 4.78 is 0. The summed E-state index contributed by atoms with van der Waals surface area (Å²) in [6.45, 7) is 3.49. The normalized spacial score (nSPS) is 15.0. The van der Waals surface area contributed by atoms with E-state index >= 15 is 0 Å². The average molecular weight is 381 g/mol. The summed E-state index contributed by atoms with van der Waals surface area (Å²) in [7, 11) is 2.07. The number of nitro groups is 1. The number of likely N-dealkylation sites (N-methyl/N-ethyl adjacent to an activating group) is 1. The molecule has 8 heteroatoms. The number of piperazine rings is 1. The molecule has 2 aromatic carbocycles. The van der Waals surface area contributed by atoms with Gasteiger partial charge in [0.2, 0.25) is 5.91 Å². The van der Waals surface area contributed by atoms with Crippen LogP contribution in [0.3, 0.4) is 0 Å². The van der Waals surface area contributed by atoms with Crippen molar-refractivity contribution >= 4 is 23.5 Å². The van der Waals surface area contributed by atoms with Crippen LogP contribution in [-0.4, -0.2) is 55.2 Å². The fraction of sp³-hybridized carbons (Fsp3) is 0.300. The van der Waals surface area contributed by atoms with E-state index in [0.29, 0.717) is 5.56 Å². The zero-order chi connectivity index (χ0) is 19.9. The molecule has 0 saturated carbocycles. The lowest BCUT2D eigenvalue weighted by Crippen LogP contribution is -2.44. The van der Waals surface area contributed by atoms with E-state index in [9.17, 15) is 14.9 Å². The van der Waals surface area contributed by atoms with Crippen molar-refractivity contribution in [3.05, 3.63) is 69.8 Å². The molecule has 0 atom stereocenters. The highest BCUT2D eigenvalue weighted by Gasteiger charge is 2.18. The number of anilines is 1. The molecule has 1 aliphatic rings. The zero-order valence-corrected chi connectivity index (χ0v) is 15.7. The largest absolute Gasteiger partial charge is 0.368 e. The van der Waals surface area contributed by atoms with Crippen LogP contribution in [-0.2, 0) is 11.2 Å². The molecule has 0 unspecified atom stereocenters. The molecule has 1 amide bonds. The molecule has 0 aliphatic carbocycles. The standard InChI is InChI=1S/C20H23N5O3/c1-23-9-11-24(12-10-23)19-8-7-18(25(27)28)14-17(19)15-21-22-20(26)13-16-5-3-2-4-6-16/h2-8,14-15H,9-13H2,1H3,(H,22,26)/b21-15-. The SMILES string of the molecule is CN1CCN(c2ccc([N+](=O)[O-])cc2/C=N\NC(=O)Cc2ccccc2)CC1. The summed E-state index contributed by atoms with van der Waals surface area (Å²) >= 11 is 0. The number of nitrogens with zero attached hydrogens (tertiary/aromatic N) is 4. The smallest absolute Gasteiger partial charge is 0.270 e. The van der Waals surface area contributed by atoms with Gasteiger partial charge in [-0.05, 0) is 18.7 Å². The van der Waals surface area contributed by atoms with Crippen molar-refractivity contribution in [3.8, 4) is 0 Å². The van der Waals surface area contributed by atoms with Gasteiger partial charge in [0, 0.05) is 49.6 Å². The number of hydrogen-bond acceptors (Lipinski definition) is 6. The van der Waals surface area contributed by atoms with E-state index in [1.165, 1.54) is 18.3 Å². The Labute approximate surface area is 163 Å². The molecule has 0 spiro atoms. The number of amides is 1. The molecule has 0 radical (unpaired) electrons. The molecule has 3 rings (SSSR count). The lowest BCUT2D eigenvalue weighted by Gasteiger charge is -2.34. The molecule has 0 aromatic heterocycles. The lowest BCUT2D eigenvalue weighted by atomic mass is 10.1.